The average molecular weight is 314 g/mol. The van der Waals surface area contributed by atoms with Crippen LogP contribution >= 0.6 is 34.2 Å². The fraction of sp³-hybridized carbons (Fsp3) is 1.00. The van der Waals surface area contributed by atoms with Crippen LogP contribution in [0.1, 0.15) is 6.42 Å². The van der Waals surface area contributed by atoms with Gasteiger partial charge >= 0.3 is 0 Å². The molecule has 0 amide bonds. The first-order valence-corrected chi connectivity index (χ1v) is 7.97. The molecular formula is C7H10N2O6S3. The molecule has 0 aromatic carbocycles. The Bertz CT molecular complexity index is 358. The third-order valence-corrected chi connectivity index (χ3v) is 6.48. The van der Waals surface area contributed by atoms with E-state index in [4.69, 9.17) is 0 Å². The molecule has 2 aliphatic rings. The van der Waals surface area contributed by atoms with Crippen molar-refractivity contribution >= 4 is 34.2 Å². The first-order chi connectivity index (χ1) is 8.49. The van der Waals surface area contributed by atoms with E-state index in [0.717, 1.165) is 5.75 Å². The first-order valence-electron chi connectivity index (χ1n) is 5.07. The Balaban J connectivity index is 2.17. The number of rotatable bonds is 4. The van der Waals surface area contributed by atoms with Crippen molar-refractivity contribution in [1.29, 1.82) is 0 Å². The quantitative estimate of drug-likeness (QED) is 0.357. The summed E-state index contributed by atoms with van der Waals surface area (Å²) in [6.45, 7) is 0. The Kier molecular flexibility index (Phi) is 4.33. The van der Waals surface area contributed by atoms with Crippen molar-refractivity contribution in [2.24, 2.45) is 5.92 Å². The summed E-state index contributed by atoms with van der Waals surface area (Å²) in [5.74, 6) is 1.05. The molecule has 2 rings (SSSR count). The summed E-state index contributed by atoms with van der Waals surface area (Å²) in [7, 11) is 3.05. The van der Waals surface area contributed by atoms with E-state index in [1.807, 2.05) is 0 Å². The predicted octanol–water partition coefficient (Wildman–Crippen LogP) is 1.22. The summed E-state index contributed by atoms with van der Waals surface area (Å²) in [5.41, 5.74) is 0. The van der Waals surface area contributed by atoms with Gasteiger partial charge in [-0.05, 0) is 12.3 Å². The maximum Gasteiger partial charge on any atom is 0.294 e. The van der Waals surface area contributed by atoms with Crippen LogP contribution < -0.4 is 0 Å². The van der Waals surface area contributed by atoms with E-state index in [-0.39, 0.29) is 11.2 Å². The zero-order chi connectivity index (χ0) is 13.3. The molecule has 0 N–H and O–H groups in total. The second kappa shape index (κ2) is 5.61. The number of hydrogen-bond acceptors (Lipinski definition) is 9. The maximum absolute atomic E-state index is 10.5. The minimum atomic E-state index is -1.01. The van der Waals surface area contributed by atoms with E-state index in [1.165, 1.54) is 10.8 Å². The van der Waals surface area contributed by atoms with Crippen molar-refractivity contribution in [3.63, 3.8) is 0 Å². The zero-order valence-corrected chi connectivity index (χ0v) is 11.4. The van der Waals surface area contributed by atoms with Crippen LogP contribution in [0.4, 0.5) is 0 Å². The fourth-order valence-corrected chi connectivity index (χ4v) is 6.28. The molecule has 1 heterocycles. The van der Waals surface area contributed by atoms with Gasteiger partial charge in [0.2, 0.25) is 0 Å². The smallest absolute Gasteiger partial charge is 0.294 e. The molecule has 0 aromatic heterocycles. The molecule has 1 saturated carbocycles. The second-order valence-electron chi connectivity index (χ2n) is 4.00. The molecule has 1 saturated heterocycles. The molecule has 0 radical (unpaired) electrons. The molecule has 5 atom stereocenters. The standard InChI is InChI=1S/C7H10N2O6S3/c10-8(11)14-5-4(16)1-3-2-17-18-7(3)6(5)15-9(12)13/h3-7,16H,1-2H2. The normalized spacial score (nSPS) is 38.8. The Morgan fingerprint density at radius 3 is 2.39 bits per heavy atom. The largest absolute Gasteiger partial charge is 0.307 e. The van der Waals surface area contributed by atoms with Gasteiger partial charge in [-0.1, -0.05) is 21.6 Å². The lowest BCUT2D eigenvalue weighted by Crippen LogP contribution is -2.53. The molecule has 1 aliphatic carbocycles. The maximum atomic E-state index is 10.5. The fourth-order valence-electron chi connectivity index (χ4n) is 2.20. The van der Waals surface area contributed by atoms with Crippen LogP contribution in [-0.4, -0.2) is 38.6 Å². The van der Waals surface area contributed by atoms with E-state index >= 15 is 0 Å². The molecule has 0 aromatic rings. The summed E-state index contributed by atoms with van der Waals surface area (Å²) < 4.78 is 0. The van der Waals surface area contributed by atoms with Gasteiger partial charge in [0, 0.05) is 16.3 Å². The summed E-state index contributed by atoms with van der Waals surface area (Å²) in [5, 5.41) is 18.5. The van der Waals surface area contributed by atoms with E-state index in [9.17, 15) is 20.2 Å². The lowest BCUT2D eigenvalue weighted by atomic mass is 9.85. The SMILES string of the molecule is O=[N+]([O-])OC1C(S)CC2CSSC2C1O[N+](=O)[O-]. The Morgan fingerprint density at radius 2 is 1.78 bits per heavy atom. The van der Waals surface area contributed by atoms with Crippen LogP contribution in [0.3, 0.4) is 0 Å². The monoisotopic (exact) mass is 314 g/mol. The first kappa shape index (κ1) is 13.9. The molecular weight excluding hydrogens is 304 g/mol. The molecule has 0 spiro atoms. The summed E-state index contributed by atoms with van der Waals surface area (Å²) in [4.78, 5) is 30.1. The topological polar surface area (TPSA) is 105 Å². The van der Waals surface area contributed by atoms with Gasteiger partial charge < -0.3 is 9.68 Å². The summed E-state index contributed by atoms with van der Waals surface area (Å²) in [6, 6.07) is 0. The van der Waals surface area contributed by atoms with Crippen molar-refractivity contribution in [2.45, 2.75) is 29.1 Å². The van der Waals surface area contributed by atoms with Gasteiger partial charge in [-0.15, -0.1) is 20.2 Å². The molecule has 0 bridgehead atoms. The number of nitrogens with zero attached hydrogens (tertiary/aromatic N) is 2. The molecule has 102 valence electrons. The second-order valence-corrected chi connectivity index (χ2v) is 7.25. The highest BCUT2D eigenvalue weighted by molar-refractivity contribution is 8.77. The van der Waals surface area contributed by atoms with Gasteiger partial charge in [-0.3, -0.25) is 0 Å². The van der Waals surface area contributed by atoms with Gasteiger partial charge in [-0.25, -0.2) is 0 Å². The van der Waals surface area contributed by atoms with Crippen molar-refractivity contribution < 1.29 is 19.8 Å². The van der Waals surface area contributed by atoms with E-state index < -0.39 is 27.6 Å². The minimum Gasteiger partial charge on any atom is -0.307 e. The molecule has 5 unspecified atom stereocenters. The van der Waals surface area contributed by atoms with Crippen molar-refractivity contribution in [2.75, 3.05) is 5.75 Å². The van der Waals surface area contributed by atoms with E-state index in [1.54, 1.807) is 10.8 Å². The average Bonchev–Trinajstić information content (AvgIpc) is 2.69. The Hall–Kier alpha value is -0.550. The number of hydrogen-bond donors (Lipinski definition) is 1. The number of fused-ring (bicyclic) bond motifs is 1. The Labute approximate surface area is 115 Å². The van der Waals surface area contributed by atoms with Crippen LogP contribution in [0.15, 0.2) is 0 Å². The molecule has 18 heavy (non-hydrogen) atoms. The number of thiol groups is 1. The molecule has 2 fully saturated rings. The van der Waals surface area contributed by atoms with Crippen LogP contribution in [0.5, 0.6) is 0 Å². The van der Waals surface area contributed by atoms with Gasteiger partial charge in [0.25, 0.3) is 10.2 Å². The highest BCUT2D eigenvalue weighted by Crippen LogP contribution is 2.50. The minimum absolute atomic E-state index is 0.172. The van der Waals surface area contributed by atoms with Gasteiger partial charge in [0.1, 0.15) is 12.2 Å². The van der Waals surface area contributed by atoms with Crippen LogP contribution in [0.2, 0.25) is 0 Å². The lowest BCUT2D eigenvalue weighted by Gasteiger charge is -2.39. The van der Waals surface area contributed by atoms with Crippen LogP contribution in [0.25, 0.3) is 0 Å². The molecule has 1 aliphatic heterocycles. The summed E-state index contributed by atoms with van der Waals surface area (Å²) in [6.07, 6.45) is -1.34. The summed E-state index contributed by atoms with van der Waals surface area (Å²) >= 11 is 4.24. The highest BCUT2D eigenvalue weighted by atomic mass is 33.1. The zero-order valence-electron chi connectivity index (χ0n) is 8.91. The van der Waals surface area contributed by atoms with Crippen LogP contribution in [-0.2, 0) is 9.68 Å². The predicted molar refractivity (Wildman–Crippen MR) is 68.5 cm³/mol. The van der Waals surface area contributed by atoms with Crippen molar-refractivity contribution in [3.05, 3.63) is 20.2 Å². The highest BCUT2D eigenvalue weighted by Gasteiger charge is 2.50. The Morgan fingerprint density at radius 1 is 1.17 bits per heavy atom. The van der Waals surface area contributed by atoms with Gasteiger partial charge in [0.15, 0.2) is 0 Å². The third kappa shape index (κ3) is 2.88. The van der Waals surface area contributed by atoms with E-state index in [2.05, 4.69) is 22.3 Å². The van der Waals surface area contributed by atoms with E-state index in [0.29, 0.717) is 6.42 Å². The van der Waals surface area contributed by atoms with Gasteiger partial charge in [-0.2, -0.15) is 12.6 Å². The van der Waals surface area contributed by atoms with Gasteiger partial charge in [0.05, 0.1) is 0 Å². The van der Waals surface area contributed by atoms with Crippen molar-refractivity contribution in [3.8, 4) is 0 Å². The molecule has 8 nitrogen and oxygen atoms in total. The molecule has 11 heteroatoms. The lowest BCUT2D eigenvalue weighted by molar-refractivity contribution is -0.799. The van der Waals surface area contributed by atoms with Crippen molar-refractivity contribution in [1.82, 2.24) is 0 Å². The van der Waals surface area contributed by atoms with Crippen LogP contribution in [0, 0.1) is 26.1 Å². The third-order valence-electron chi connectivity index (χ3n) is 2.91.